The Hall–Kier alpha value is -3.61. The Morgan fingerprint density at radius 2 is 1.81 bits per heavy atom. The summed E-state index contributed by atoms with van der Waals surface area (Å²) in [4.78, 5) is 28.4. The number of carbonyl (C=O) groups excluding carboxylic acids is 2. The summed E-state index contributed by atoms with van der Waals surface area (Å²) in [6.45, 7) is 2.32. The number of hydrogen-bond donors (Lipinski definition) is 2. The smallest absolute Gasteiger partial charge is 0.296 e. The van der Waals surface area contributed by atoms with Crippen LogP contribution in [0.15, 0.2) is 74.6 Å². The largest absolute Gasteiger partial charge is 0.309 e. The zero-order valence-corrected chi connectivity index (χ0v) is 21.4. The molecule has 0 fully saturated rings. The molecule has 2 aromatic rings. The molecule has 2 N–H and O–H groups in total. The first-order valence-electron chi connectivity index (χ1n) is 11.2. The van der Waals surface area contributed by atoms with Gasteiger partial charge in [0.25, 0.3) is 15.8 Å². The van der Waals surface area contributed by atoms with E-state index in [0.29, 0.717) is 36.3 Å². The van der Waals surface area contributed by atoms with E-state index in [4.69, 9.17) is 0 Å². The van der Waals surface area contributed by atoms with Crippen LogP contribution in [0.25, 0.3) is 5.70 Å². The van der Waals surface area contributed by atoms with E-state index in [9.17, 15) is 22.6 Å². The third kappa shape index (κ3) is 6.14. The molecule has 36 heavy (non-hydrogen) atoms. The highest BCUT2D eigenvalue weighted by Crippen LogP contribution is 2.29. The Morgan fingerprint density at radius 1 is 1.11 bits per heavy atom. The molecule has 0 amide bonds. The van der Waals surface area contributed by atoms with Crippen LogP contribution >= 0.6 is 0 Å². The van der Waals surface area contributed by atoms with Crippen molar-refractivity contribution in [2.45, 2.75) is 24.7 Å². The Kier molecular flexibility index (Phi) is 8.56. The van der Waals surface area contributed by atoms with E-state index in [-0.39, 0.29) is 17.2 Å². The average molecular weight is 514 g/mol. The van der Waals surface area contributed by atoms with Crippen LogP contribution in [0, 0.1) is 5.92 Å². The predicted molar refractivity (Wildman–Crippen MR) is 135 cm³/mol. The van der Waals surface area contributed by atoms with Gasteiger partial charge in [0.15, 0.2) is 18.2 Å². The maximum Gasteiger partial charge on any atom is 0.296 e. The quantitative estimate of drug-likeness (QED) is 0.172. The molecule has 0 saturated carbocycles. The molecule has 0 bridgehead atoms. The van der Waals surface area contributed by atoms with E-state index in [1.807, 2.05) is 25.1 Å². The van der Waals surface area contributed by atoms with E-state index in [1.165, 1.54) is 19.2 Å². The van der Waals surface area contributed by atoms with E-state index in [1.54, 1.807) is 36.0 Å². The Balaban J connectivity index is 2.10. The maximum atomic E-state index is 13.4. The summed E-state index contributed by atoms with van der Waals surface area (Å²) < 4.78 is 35.1. The van der Waals surface area contributed by atoms with Crippen LogP contribution in [0.2, 0.25) is 0 Å². The minimum absolute atomic E-state index is 0.000357. The van der Waals surface area contributed by atoms with Crippen molar-refractivity contribution in [3.05, 3.63) is 54.4 Å². The number of Topliss-reactive ketones (excluding diaryl/α,β-unsaturated/α-hetero) is 2. The van der Waals surface area contributed by atoms with Gasteiger partial charge >= 0.3 is 0 Å². The Bertz CT molecular complexity index is 1350. The number of ketones is 2. The lowest BCUT2D eigenvalue weighted by Crippen LogP contribution is -2.47. The number of hydrazone groups is 1. The molecule has 1 aliphatic carbocycles. The van der Waals surface area contributed by atoms with Crippen LogP contribution < -0.4 is 9.99 Å². The molecule has 11 nitrogen and oxygen atoms in total. The molecule has 1 aromatic heterocycles. The van der Waals surface area contributed by atoms with Crippen LogP contribution in [0.1, 0.15) is 19.8 Å². The van der Waals surface area contributed by atoms with E-state index < -0.39 is 26.7 Å². The van der Waals surface area contributed by atoms with Gasteiger partial charge in [-0.15, -0.1) is 0 Å². The number of aromatic nitrogens is 1. The van der Waals surface area contributed by atoms with Crippen molar-refractivity contribution < 1.29 is 27.1 Å². The molecule has 1 unspecified atom stereocenters. The van der Waals surface area contributed by atoms with Crippen molar-refractivity contribution in [2.24, 2.45) is 21.2 Å². The molecule has 190 valence electrons. The van der Waals surface area contributed by atoms with Gasteiger partial charge < -0.3 is 4.90 Å². The standard InChI is InChI=1S/C24H28N6O5S/c1-16-21(28-27-19-15-17(26-25-2)10-11-20(19)36(33,34)35)23(31)18(9-8-12-29(3)4)24(32)22(16)30-13-6-5-7-14-30/h5-7,10-11,13-15,18H,8-9,12H2,1-4H3,(H-,27,31,32,33,34,35)/p+1. The minimum atomic E-state index is -4.60. The van der Waals surface area contributed by atoms with Gasteiger partial charge in [-0.1, -0.05) is 6.07 Å². The summed E-state index contributed by atoms with van der Waals surface area (Å²) >= 11 is 0. The number of hydrogen-bond acceptors (Lipinski definition) is 9. The Labute approximate surface area is 210 Å². The number of rotatable bonds is 9. The van der Waals surface area contributed by atoms with Crippen molar-refractivity contribution in [1.29, 1.82) is 0 Å². The van der Waals surface area contributed by atoms with Crippen LogP contribution in [0.4, 0.5) is 11.4 Å². The van der Waals surface area contributed by atoms with Gasteiger partial charge in [-0.3, -0.25) is 19.6 Å². The normalized spacial score (nSPS) is 18.1. The zero-order chi connectivity index (χ0) is 26.5. The molecular formula is C24H29N6O5S+. The highest BCUT2D eigenvalue weighted by molar-refractivity contribution is 7.86. The second-order valence-corrected chi connectivity index (χ2v) is 9.90. The van der Waals surface area contributed by atoms with Crippen LogP contribution in [0.5, 0.6) is 0 Å². The summed E-state index contributed by atoms with van der Waals surface area (Å²) in [7, 11) is 0.676. The van der Waals surface area contributed by atoms with Crippen molar-refractivity contribution in [3.63, 3.8) is 0 Å². The third-order valence-electron chi connectivity index (χ3n) is 5.63. The molecular weight excluding hydrogens is 484 g/mol. The first-order valence-corrected chi connectivity index (χ1v) is 12.6. The molecule has 12 heteroatoms. The second kappa shape index (κ2) is 11.4. The number of anilines is 1. The topological polar surface area (TPSA) is 145 Å². The predicted octanol–water partition coefficient (Wildman–Crippen LogP) is 2.74. The van der Waals surface area contributed by atoms with Crippen LogP contribution in [-0.4, -0.2) is 62.8 Å². The van der Waals surface area contributed by atoms with E-state index in [2.05, 4.69) is 20.8 Å². The molecule has 1 aromatic carbocycles. The second-order valence-electron chi connectivity index (χ2n) is 8.51. The maximum absolute atomic E-state index is 13.4. The van der Waals surface area contributed by atoms with Gasteiger partial charge in [0.1, 0.15) is 10.6 Å². The van der Waals surface area contributed by atoms with Crippen molar-refractivity contribution in [3.8, 4) is 0 Å². The van der Waals surface area contributed by atoms with Gasteiger partial charge in [-0.05, 0) is 58.6 Å². The average Bonchev–Trinajstić information content (AvgIpc) is 2.81. The van der Waals surface area contributed by atoms with Crippen LogP contribution in [0.3, 0.4) is 0 Å². The van der Waals surface area contributed by atoms with Gasteiger partial charge in [0.05, 0.1) is 22.9 Å². The van der Waals surface area contributed by atoms with Gasteiger partial charge in [-0.25, -0.2) is 0 Å². The van der Waals surface area contributed by atoms with Crippen molar-refractivity contribution >= 4 is 44.5 Å². The highest BCUT2D eigenvalue weighted by Gasteiger charge is 2.43. The van der Waals surface area contributed by atoms with Crippen molar-refractivity contribution in [2.75, 3.05) is 33.1 Å². The number of carbonyl (C=O) groups is 2. The molecule has 1 atom stereocenters. The van der Waals surface area contributed by atoms with Gasteiger partial charge in [-0.2, -0.15) is 28.3 Å². The number of azo groups is 1. The SMILES string of the molecule is CN=Nc1ccc(S(=O)(=O)O)c(NN=C2C(=O)C(CCCN(C)C)C(=O)C([n+]3ccccc3)=C2C)c1. The number of nitrogens with zero attached hydrogens (tertiary/aromatic N) is 5. The van der Waals surface area contributed by atoms with E-state index in [0.717, 1.165) is 6.07 Å². The fourth-order valence-electron chi connectivity index (χ4n) is 3.94. The van der Waals surface area contributed by atoms with Crippen molar-refractivity contribution in [1.82, 2.24) is 4.90 Å². The molecule has 0 spiro atoms. The first-order chi connectivity index (χ1) is 17.0. The van der Waals surface area contributed by atoms with Crippen LogP contribution in [-0.2, 0) is 19.7 Å². The monoisotopic (exact) mass is 513 g/mol. The minimum Gasteiger partial charge on any atom is -0.309 e. The summed E-state index contributed by atoms with van der Waals surface area (Å²) in [6.07, 6.45) is 4.38. The summed E-state index contributed by atoms with van der Waals surface area (Å²) in [6, 6.07) is 9.21. The van der Waals surface area contributed by atoms with Gasteiger partial charge in [0.2, 0.25) is 5.78 Å². The fourth-order valence-corrected chi connectivity index (χ4v) is 4.56. The Morgan fingerprint density at radius 3 is 2.42 bits per heavy atom. The molecule has 1 heterocycles. The number of benzene rings is 1. The molecule has 1 aliphatic rings. The molecule has 0 aliphatic heterocycles. The lowest BCUT2D eigenvalue weighted by Gasteiger charge is -2.22. The zero-order valence-electron chi connectivity index (χ0n) is 20.5. The molecule has 0 radical (unpaired) electrons. The number of nitrogens with one attached hydrogen (secondary N) is 1. The first kappa shape index (κ1) is 27.0. The number of allylic oxidation sites excluding steroid dienone is 2. The molecule has 0 saturated heterocycles. The fraction of sp³-hybridized carbons (Fsp3) is 0.333. The lowest BCUT2D eigenvalue weighted by atomic mass is 9.81. The van der Waals surface area contributed by atoms with Gasteiger partial charge in [0, 0.05) is 19.2 Å². The highest BCUT2D eigenvalue weighted by atomic mass is 32.2. The summed E-state index contributed by atoms with van der Waals surface area (Å²) in [5.41, 5.74) is 3.47. The summed E-state index contributed by atoms with van der Waals surface area (Å²) in [5, 5.41) is 11.8. The summed E-state index contributed by atoms with van der Waals surface area (Å²) in [5.74, 6) is -1.68. The lowest BCUT2D eigenvalue weighted by molar-refractivity contribution is -0.578. The third-order valence-corrected chi connectivity index (χ3v) is 6.54. The van der Waals surface area contributed by atoms with E-state index >= 15 is 0 Å². The molecule has 3 rings (SSSR count). The number of pyridine rings is 1.